The van der Waals surface area contributed by atoms with Crippen molar-refractivity contribution in [1.29, 1.82) is 0 Å². The van der Waals surface area contributed by atoms with E-state index < -0.39 is 23.5 Å². The number of hydrogen-bond acceptors (Lipinski definition) is 6. The van der Waals surface area contributed by atoms with Crippen LogP contribution < -0.4 is 9.64 Å². The lowest BCUT2D eigenvalue weighted by atomic mass is 9.95. The molecule has 8 heteroatoms. The lowest BCUT2D eigenvalue weighted by Crippen LogP contribution is -2.29. The van der Waals surface area contributed by atoms with Gasteiger partial charge in [-0.3, -0.25) is 14.5 Å². The maximum Gasteiger partial charge on any atom is 0.301 e. The number of fused-ring (bicyclic) bond motifs is 1. The fourth-order valence-corrected chi connectivity index (χ4v) is 5.40. The predicted molar refractivity (Wildman–Crippen MR) is 142 cm³/mol. The normalized spacial score (nSPS) is 17.1. The van der Waals surface area contributed by atoms with E-state index in [1.807, 2.05) is 25.1 Å². The van der Waals surface area contributed by atoms with Gasteiger partial charge in [-0.15, -0.1) is 0 Å². The second-order valence-electron chi connectivity index (χ2n) is 8.91. The molecule has 0 radical (unpaired) electrons. The summed E-state index contributed by atoms with van der Waals surface area (Å²) in [5.41, 5.74) is 2.54. The van der Waals surface area contributed by atoms with E-state index in [1.165, 1.54) is 40.5 Å². The van der Waals surface area contributed by atoms with Crippen LogP contribution in [0.1, 0.15) is 42.5 Å². The van der Waals surface area contributed by atoms with Crippen LogP contribution in [0.15, 0.2) is 72.3 Å². The molecule has 0 bridgehead atoms. The van der Waals surface area contributed by atoms with Gasteiger partial charge in [-0.2, -0.15) is 0 Å². The third-order valence-electron chi connectivity index (χ3n) is 6.26. The van der Waals surface area contributed by atoms with Crippen LogP contribution in [0.4, 0.5) is 9.52 Å². The van der Waals surface area contributed by atoms with Crippen LogP contribution in [0.2, 0.25) is 0 Å². The van der Waals surface area contributed by atoms with Crippen LogP contribution in [0.5, 0.6) is 5.75 Å². The Labute approximate surface area is 217 Å². The molecule has 1 fully saturated rings. The highest BCUT2D eigenvalue weighted by Gasteiger charge is 2.48. The summed E-state index contributed by atoms with van der Waals surface area (Å²) in [6.45, 7) is 4.64. The zero-order chi connectivity index (χ0) is 26.1. The Morgan fingerprint density at radius 3 is 2.51 bits per heavy atom. The molecule has 0 saturated carbocycles. The summed E-state index contributed by atoms with van der Waals surface area (Å²) >= 11 is 1.30. The lowest BCUT2D eigenvalue weighted by Gasteiger charge is -2.23. The summed E-state index contributed by atoms with van der Waals surface area (Å²) in [4.78, 5) is 32.7. The average Bonchev–Trinajstić information content (AvgIpc) is 3.42. The largest absolute Gasteiger partial charge is 0.507 e. The minimum absolute atomic E-state index is 0.0771. The van der Waals surface area contributed by atoms with E-state index in [2.05, 4.69) is 11.9 Å². The number of hydrogen-bond donors (Lipinski definition) is 1. The Kier molecular flexibility index (Phi) is 6.76. The van der Waals surface area contributed by atoms with E-state index in [-0.39, 0.29) is 16.9 Å². The Balaban J connectivity index is 1.64. The number of aromatic nitrogens is 1. The van der Waals surface area contributed by atoms with Crippen LogP contribution in [0, 0.1) is 12.7 Å². The molecule has 1 saturated heterocycles. The Morgan fingerprint density at radius 1 is 1.08 bits per heavy atom. The summed E-state index contributed by atoms with van der Waals surface area (Å²) < 4.78 is 20.2. The lowest BCUT2D eigenvalue weighted by molar-refractivity contribution is -0.132. The number of ketones is 1. The van der Waals surface area contributed by atoms with Gasteiger partial charge in [-0.05, 0) is 73.0 Å². The Morgan fingerprint density at radius 2 is 1.81 bits per heavy atom. The van der Waals surface area contributed by atoms with E-state index >= 15 is 0 Å². The number of benzene rings is 3. The summed E-state index contributed by atoms with van der Waals surface area (Å²) in [5.74, 6) is -1.79. The Hall–Kier alpha value is -4.04. The molecule has 4 aromatic rings. The van der Waals surface area contributed by atoms with Crippen molar-refractivity contribution in [3.63, 3.8) is 0 Å². The number of carbonyl (C=O) groups excluding carboxylic acids is 2. The monoisotopic (exact) mass is 516 g/mol. The van der Waals surface area contributed by atoms with Crippen molar-refractivity contribution in [3.8, 4) is 5.75 Å². The first kappa shape index (κ1) is 24.6. The number of aryl methyl sites for hydroxylation is 1. The first-order valence-electron chi connectivity index (χ1n) is 12.0. The third-order valence-corrected chi connectivity index (χ3v) is 7.28. The van der Waals surface area contributed by atoms with Crippen molar-refractivity contribution in [3.05, 3.63) is 94.8 Å². The Bertz CT molecular complexity index is 1510. The van der Waals surface area contributed by atoms with Gasteiger partial charge >= 0.3 is 5.91 Å². The molecule has 1 aliphatic heterocycles. The third kappa shape index (κ3) is 4.72. The number of Topliss-reactive ketones (excluding diaryl/α,β-unsaturated/α-hetero) is 1. The number of nitrogens with zero attached hydrogens (tertiary/aromatic N) is 2. The fraction of sp³-hybridized carbons (Fsp3) is 0.207. The number of unbranched alkanes of at least 4 members (excludes halogenated alkanes) is 1. The van der Waals surface area contributed by atoms with Crippen LogP contribution in [0.3, 0.4) is 0 Å². The van der Waals surface area contributed by atoms with Gasteiger partial charge in [0.25, 0.3) is 5.78 Å². The average molecular weight is 517 g/mol. The molecule has 3 aromatic carbocycles. The molecule has 1 atom stereocenters. The van der Waals surface area contributed by atoms with Crippen molar-refractivity contribution in [2.75, 3.05) is 11.5 Å². The van der Waals surface area contributed by atoms with Gasteiger partial charge in [0.1, 0.15) is 17.3 Å². The number of halogens is 1. The number of thiazole rings is 1. The maximum atomic E-state index is 13.5. The van der Waals surface area contributed by atoms with Gasteiger partial charge in [-0.1, -0.05) is 42.9 Å². The van der Waals surface area contributed by atoms with E-state index in [0.29, 0.717) is 28.6 Å². The van der Waals surface area contributed by atoms with Crippen LogP contribution in [-0.2, 0) is 9.59 Å². The molecule has 5 rings (SSSR count). The van der Waals surface area contributed by atoms with Crippen molar-refractivity contribution >= 4 is 44.1 Å². The second kappa shape index (κ2) is 10.1. The quantitative estimate of drug-likeness (QED) is 0.130. The smallest absolute Gasteiger partial charge is 0.301 e. The molecule has 0 aliphatic carbocycles. The van der Waals surface area contributed by atoms with Crippen molar-refractivity contribution < 1.29 is 23.8 Å². The van der Waals surface area contributed by atoms with E-state index in [9.17, 15) is 19.1 Å². The number of aliphatic hydroxyl groups excluding tert-OH is 1. The number of anilines is 1. The molecular weight excluding hydrogens is 491 g/mol. The maximum absolute atomic E-state index is 13.5. The molecular formula is C29H25FN2O4S. The van der Waals surface area contributed by atoms with Gasteiger partial charge in [0, 0.05) is 5.56 Å². The minimum atomic E-state index is -0.920. The SMILES string of the molecule is CCCCOc1ccc(C2C(=C(O)c3ccc(F)cc3)C(=O)C(=O)N2c2nc3ccc(C)cc3s2)cc1. The van der Waals surface area contributed by atoms with Crippen LogP contribution >= 0.6 is 11.3 Å². The van der Waals surface area contributed by atoms with E-state index in [4.69, 9.17) is 4.74 Å². The number of amides is 1. The zero-order valence-corrected chi connectivity index (χ0v) is 21.2. The molecule has 188 valence electrons. The van der Waals surface area contributed by atoms with Gasteiger partial charge < -0.3 is 9.84 Å². The number of rotatable bonds is 7. The molecule has 2 heterocycles. The highest BCUT2D eigenvalue weighted by Crippen LogP contribution is 2.44. The molecule has 37 heavy (non-hydrogen) atoms. The molecule has 1 amide bonds. The summed E-state index contributed by atoms with van der Waals surface area (Å²) in [5, 5.41) is 11.5. The molecule has 1 N–H and O–H groups in total. The van der Waals surface area contributed by atoms with Crippen molar-refractivity contribution in [1.82, 2.24) is 4.98 Å². The van der Waals surface area contributed by atoms with E-state index in [0.717, 1.165) is 23.1 Å². The highest BCUT2D eigenvalue weighted by atomic mass is 32.1. The topological polar surface area (TPSA) is 79.7 Å². The summed E-state index contributed by atoms with van der Waals surface area (Å²) in [7, 11) is 0. The highest BCUT2D eigenvalue weighted by molar-refractivity contribution is 7.22. The first-order chi connectivity index (χ1) is 17.9. The minimum Gasteiger partial charge on any atom is -0.507 e. The van der Waals surface area contributed by atoms with Crippen LogP contribution in [0.25, 0.3) is 16.0 Å². The van der Waals surface area contributed by atoms with E-state index in [1.54, 1.807) is 24.3 Å². The molecule has 0 spiro atoms. The van der Waals surface area contributed by atoms with Gasteiger partial charge in [0.05, 0.1) is 28.4 Å². The van der Waals surface area contributed by atoms with Gasteiger partial charge in [-0.25, -0.2) is 9.37 Å². The summed E-state index contributed by atoms with van der Waals surface area (Å²) in [6.07, 6.45) is 1.94. The van der Waals surface area contributed by atoms with Crippen molar-refractivity contribution in [2.45, 2.75) is 32.7 Å². The molecule has 6 nitrogen and oxygen atoms in total. The first-order valence-corrected chi connectivity index (χ1v) is 12.9. The standard InChI is InChI=1S/C29H25FN2O4S/c1-3-4-15-36-21-12-8-18(9-13-21)25-24(26(33)19-6-10-20(30)11-7-19)27(34)28(35)32(25)29-31-22-14-5-17(2)16-23(22)37-29/h5-14,16,25,33H,3-4,15H2,1-2H3. The molecule has 1 unspecified atom stereocenters. The van der Waals surface area contributed by atoms with Crippen LogP contribution in [-0.4, -0.2) is 28.4 Å². The fourth-order valence-electron chi connectivity index (χ4n) is 4.31. The predicted octanol–water partition coefficient (Wildman–Crippen LogP) is 6.55. The number of aliphatic hydroxyl groups is 1. The molecule has 1 aliphatic rings. The number of ether oxygens (including phenoxy) is 1. The second-order valence-corrected chi connectivity index (χ2v) is 9.92. The zero-order valence-electron chi connectivity index (χ0n) is 20.4. The molecule has 1 aromatic heterocycles. The summed E-state index contributed by atoms with van der Waals surface area (Å²) in [6, 6.07) is 17.1. The number of carbonyl (C=O) groups is 2. The van der Waals surface area contributed by atoms with Gasteiger partial charge in [0.2, 0.25) is 0 Å². The van der Waals surface area contributed by atoms with Crippen molar-refractivity contribution in [2.24, 2.45) is 0 Å². The van der Waals surface area contributed by atoms with Gasteiger partial charge in [0.15, 0.2) is 5.13 Å².